The molecule has 20 heavy (non-hydrogen) atoms. The van der Waals surface area contributed by atoms with Gasteiger partial charge >= 0.3 is 0 Å². The summed E-state index contributed by atoms with van der Waals surface area (Å²) in [5, 5.41) is 10.4. The standard InChI is InChI=1S/C18H20O2/c1-18(2)12-15-11-14(8-9-17(15)20-18)16(19)10-13-6-4-3-5-7-13/h3-9,11,16,19H,10,12H2,1-2H3. The largest absolute Gasteiger partial charge is 0.487 e. The highest BCUT2D eigenvalue weighted by Gasteiger charge is 2.30. The van der Waals surface area contributed by atoms with E-state index in [1.54, 1.807) is 0 Å². The molecule has 104 valence electrons. The SMILES string of the molecule is CC1(C)Cc2cc(C(O)Cc3ccccc3)ccc2O1. The van der Waals surface area contributed by atoms with Crippen molar-refractivity contribution in [2.24, 2.45) is 0 Å². The lowest BCUT2D eigenvalue weighted by Crippen LogP contribution is -2.24. The molecule has 0 aromatic heterocycles. The van der Waals surface area contributed by atoms with Gasteiger partial charge in [-0.25, -0.2) is 0 Å². The Morgan fingerprint density at radius 3 is 2.65 bits per heavy atom. The van der Waals surface area contributed by atoms with Crippen LogP contribution in [-0.2, 0) is 12.8 Å². The highest BCUT2D eigenvalue weighted by molar-refractivity contribution is 5.42. The predicted octanol–water partition coefficient (Wildman–Crippen LogP) is 3.68. The van der Waals surface area contributed by atoms with Gasteiger partial charge in [0.25, 0.3) is 0 Å². The number of benzene rings is 2. The fraction of sp³-hybridized carbons (Fsp3) is 0.333. The van der Waals surface area contributed by atoms with Crippen molar-refractivity contribution in [3.63, 3.8) is 0 Å². The minimum Gasteiger partial charge on any atom is -0.487 e. The van der Waals surface area contributed by atoms with Gasteiger partial charge in [0.15, 0.2) is 0 Å². The van der Waals surface area contributed by atoms with Gasteiger partial charge in [0, 0.05) is 12.8 Å². The number of aliphatic hydroxyl groups excluding tert-OH is 1. The lowest BCUT2D eigenvalue weighted by molar-refractivity contribution is 0.138. The van der Waals surface area contributed by atoms with E-state index in [1.807, 2.05) is 42.5 Å². The van der Waals surface area contributed by atoms with Crippen LogP contribution in [0.4, 0.5) is 0 Å². The molecule has 0 aliphatic carbocycles. The molecule has 0 saturated heterocycles. The van der Waals surface area contributed by atoms with E-state index in [0.717, 1.165) is 23.3 Å². The number of ether oxygens (including phenoxy) is 1. The number of fused-ring (bicyclic) bond motifs is 1. The second kappa shape index (κ2) is 4.95. The van der Waals surface area contributed by atoms with Crippen molar-refractivity contribution in [3.05, 3.63) is 65.2 Å². The minimum atomic E-state index is -0.466. The van der Waals surface area contributed by atoms with Gasteiger partial charge in [0.2, 0.25) is 0 Å². The quantitative estimate of drug-likeness (QED) is 0.920. The molecular formula is C18H20O2. The highest BCUT2D eigenvalue weighted by atomic mass is 16.5. The lowest BCUT2D eigenvalue weighted by atomic mass is 9.96. The molecule has 1 aliphatic rings. The molecular weight excluding hydrogens is 248 g/mol. The fourth-order valence-corrected chi connectivity index (χ4v) is 2.79. The van der Waals surface area contributed by atoms with Crippen LogP contribution < -0.4 is 4.74 Å². The Balaban J connectivity index is 1.79. The number of hydrogen-bond donors (Lipinski definition) is 1. The number of rotatable bonds is 3. The molecule has 1 unspecified atom stereocenters. The van der Waals surface area contributed by atoms with Crippen LogP contribution in [0.3, 0.4) is 0 Å². The molecule has 1 atom stereocenters. The molecule has 0 saturated carbocycles. The number of aliphatic hydroxyl groups is 1. The molecule has 0 spiro atoms. The molecule has 2 aromatic carbocycles. The van der Waals surface area contributed by atoms with Crippen molar-refractivity contribution < 1.29 is 9.84 Å². The van der Waals surface area contributed by atoms with E-state index in [2.05, 4.69) is 19.9 Å². The van der Waals surface area contributed by atoms with Crippen molar-refractivity contribution in [2.75, 3.05) is 0 Å². The maximum absolute atomic E-state index is 10.4. The summed E-state index contributed by atoms with van der Waals surface area (Å²) < 4.78 is 5.87. The molecule has 1 heterocycles. The van der Waals surface area contributed by atoms with Crippen LogP contribution in [0.2, 0.25) is 0 Å². The molecule has 2 aromatic rings. The first-order valence-electron chi connectivity index (χ1n) is 7.07. The zero-order valence-electron chi connectivity index (χ0n) is 12.0. The summed E-state index contributed by atoms with van der Waals surface area (Å²) in [6.45, 7) is 4.18. The van der Waals surface area contributed by atoms with Gasteiger partial charge in [0.1, 0.15) is 11.4 Å². The van der Waals surface area contributed by atoms with E-state index < -0.39 is 6.10 Å². The minimum absolute atomic E-state index is 0.134. The van der Waals surface area contributed by atoms with E-state index >= 15 is 0 Å². The molecule has 0 fully saturated rings. The van der Waals surface area contributed by atoms with Crippen LogP contribution in [0.25, 0.3) is 0 Å². The van der Waals surface area contributed by atoms with Crippen molar-refractivity contribution in [1.82, 2.24) is 0 Å². The van der Waals surface area contributed by atoms with Gasteiger partial charge in [-0.2, -0.15) is 0 Å². The summed E-state index contributed by atoms with van der Waals surface area (Å²) in [5.74, 6) is 0.950. The van der Waals surface area contributed by atoms with Crippen molar-refractivity contribution in [1.29, 1.82) is 0 Å². The summed E-state index contributed by atoms with van der Waals surface area (Å²) in [4.78, 5) is 0. The monoisotopic (exact) mass is 268 g/mol. The zero-order chi connectivity index (χ0) is 14.2. The molecule has 2 heteroatoms. The van der Waals surface area contributed by atoms with Crippen LogP contribution in [0.1, 0.15) is 36.6 Å². The zero-order valence-corrected chi connectivity index (χ0v) is 12.0. The third-order valence-electron chi connectivity index (χ3n) is 3.74. The molecule has 2 nitrogen and oxygen atoms in total. The fourth-order valence-electron chi connectivity index (χ4n) is 2.79. The molecule has 3 rings (SSSR count). The van der Waals surface area contributed by atoms with Gasteiger partial charge in [-0.05, 0) is 42.7 Å². The molecule has 0 radical (unpaired) electrons. The Hall–Kier alpha value is -1.80. The first-order valence-corrected chi connectivity index (χ1v) is 7.07. The Labute approximate surface area is 120 Å². The van der Waals surface area contributed by atoms with Gasteiger partial charge in [-0.15, -0.1) is 0 Å². The maximum Gasteiger partial charge on any atom is 0.123 e. The highest BCUT2D eigenvalue weighted by Crippen LogP contribution is 2.36. The van der Waals surface area contributed by atoms with Crippen LogP contribution in [-0.4, -0.2) is 10.7 Å². The average Bonchev–Trinajstić information content (AvgIpc) is 2.72. The molecule has 0 amide bonds. The van der Waals surface area contributed by atoms with Gasteiger partial charge in [-0.3, -0.25) is 0 Å². The lowest BCUT2D eigenvalue weighted by Gasteiger charge is -2.16. The van der Waals surface area contributed by atoms with E-state index in [9.17, 15) is 5.11 Å². The van der Waals surface area contributed by atoms with E-state index in [1.165, 1.54) is 5.56 Å². The van der Waals surface area contributed by atoms with Crippen LogP contribution in [0, 0.1) is 0 Å². The first-order chi connectivity index (χ1) is 9.53. The maximum atomic E-state index is 10.4. The number of hydrogen-bond acceptors (Lipinski definition) is 2. The third-order valence-corrected chi connectivity index (χ3v) is 3.74. The van der Waals surface area contributed by atoms with Crippen molar-refractivity contribution in [2.45, 2.75) is 38.4 Å². The van der Waals surface area contributed by atoms with Gasteiger partial charge in [-0.1, -0.05) is 36.4 Å². The smallest absolute Gasteiger partial charge is 0.123 e. The summed E-state index contributed by atoms with van der Waals surface area (Å²) >= 11 is 0. The Morgan fingerprint density at radius 1 is 1.15 bits per heavy atom. The third kappa shape index (κ3) is 2.70. The predicted molar refractivity (Wildman–Crippen MR) is 80.0 cm³/mol. The second-order valence-corrected chi connectivity index (χ2v) is 6.11. The normalized spacial score (nSPS) is 17.4. The van der Waals surface area contributed by atoms with Crippen LogP contribution >= 0.6 is 0 Å². The van der Waals surface area contributed by atoms with E-state index in [-0.39, 0.29) is 5.60 Å². The van der Waals surface area contributed by atoms with E-state index in [4.69, 9.17) is 4.74 Å². The van der Waals surface area contributed by atoms with Gasteiger partial charge in [0.05, 0.1) is 6.10 Å². The summed E-state index contributed by atoms with van der Waals surface area (Å²) in [5.41, 5.74) is 3.18. The Kier molecular flexibility index (Phi) is 3.27. The summed E-state index contributed by atoms with van der Waals surface area (Å²) in [6.07, 6.45) is 1.07. The average molecular weight is 268 g/mol. The topological polar surface area (TPSA) is 29.5 Å². The van der Waals surface area contributed by atoms with Crippen LogP contribution in [0.15, 0.2) is 48.5 Å². The second-order valence-electron chi connectivity index (χ2n) is 6.11. The Morgan fingerprint density at radius 2 is 1.90 bits per heavy atom. The summed E-state index contributed by atoms with van der Waals surface area (Å²) in [6, 6.07) is 16.1. The molecule has 1 aliphatic heterocycles. The van der Waals surface area contributed by atoms with E-state index in [0.29, 0.717) is 6.42 Å². The summed E-state index contributed by atoms with van der Waals surface area (Å²) in [7, 11) is 0. The van der Waals surface area contributed by atoms with Crippen LogP contribution in [0.5, 0.6) is 5.75 Å². The first kappa shape index (κ1) is 13.2. The molecule has 0 bridgehead atoms. The van der Waals surface area contributed by atoms with Gasteiger partial charge < -0.3 is 9.84 Å². The molecule has 1 N–H and O–H groups in total. The Bertz CT molecular complexity index is 602. The van der Waals surface area contributed by atoms with Crippen molar-refractivity contribution >= 4 is 0 Å². The van der Waals surface area contributed by atoms with Crippen molar-refractivity contribution in [3.8, 4) is 5.75 Å².